The number of nitrogens with zero attached hydrogens (tertiary/aromatic N) is 1. The van der Waals surface area contributed by atoms with Crippen molar-refractivity contribution in [2.75, 3.05) is 7.11 Å². The monoisotopic (exact) mass is 305 g/mol. The number of carbonyl (C=O) groups is 1. The molecule has 102 valence electrons. The molecule has 1 aromatic carbocycles. The van der Waals surface area contributed by atoms with E-state index < -0.39 is 0 Å². The van der Waals surface area contributed by atoms with E-state index in [1.807, 2.05) is 46.3 Å². The largest absolute Gasteiger partial charge is 0.464 e. The Bertz CT molecular complexity index is 775. The number of esters is 1. The Morgan fingerprint density at radius 1 is 1.35 bits per heavy atom. The van der Waals surface area contributed by atoms with Gasteiger partial charge in [0.2, 0.25) is 0 Å². The number of ether oxygens (including phenoxy) is 1. The third-order valence-electron chi connectivity index (χ3n) is 3.18. The first-order valence-electron chi connectivity index (χ1n) is 6.09. The molecule has 0 atom stereocenters. The SMILES string of the molecule is COC(=O)c1cc2ccsc2n1Cc1ccccc1Cl. The average Bonchev–Trinajstić information content (AvgIpc) is 3.03. The molecule has 0 radical (unpaired) electrons. The highest BCUT2D eigenvalue weighted by Crippen LogP contribution is 2.28. The van der Waals surface area contributed by atoms with Crippen LogP contribution in [0.4, 0.5) is 0 Å². The van der Waals surface area contributed by atoms with Gasteiger partial charge >= 0.3 is 5.97 Å². The first kappa shape index (κ1) is 13.2. The number of halogens is 1. The zero-order valence-electron chi connectivity index (χ0n) is 10.8. The Hall–Kier alpha value is -1.78. The van der Waals surface area contributed by atoms with E-state index in [4.69, 9.17) is 16.3 Å². The van der Waals surface area contributed by atoms with E-state index in [0.717, 1.165) is 15.8 Å². The summed E-state index contributed by atoms with van der Waals surface area (Å²) in [7, 11) is 1.39. The summed E-state index contributed by atoms with van der Waals surface area (Å²) in [6, 6.07) is 11.5. The van der Waals surface area contributed by atoms with Crippen LogP contribution in [0.2, 0.25) is 5.02 Å². The zero-order chi connectivity index (χ0) is 14.1. The molecular weight excluding hydrogens is 294 g/mol. The fraction of sp³-hybridized carbons (Fsp3) is 0.133. The van der Waals surface area contributed by atoms with E-state index in [1.165, 1.54) is 7.11 Å². The Balaban J connectivity index is 2.11. The molecule has 0 N–H and O–H groups in total. The molecular formula is C15H12ClNO2S. The van der Waals surface area contributed by atoms with Crippen molar-refractivity contribution in [3.8, 4) is 0 Å². The quantitative estimate of drug-likeness (QED) is 0.679. The highest BCUT2D eigenvalue weighted by Gasteiger charge is 2.17. The van der Waals surface area contributed by atoms with Gasteiger partial charge in [0.25, 0.3) is 0 Å². The summed E-state index contributed by atoms with van der Waals surface area (Å²) in [6.45, 7) is 0.550. The summed E-state index contributed by atoms with van der Waals surface area (Å²) in [4.78, 5) is 13.0. The summed E-state index contributed by atoms with van der Waals surface area (Å²) in [6.07, 6.45) is 0. The van der Waals surface area contributed by atoms with Gasteiger partial charge in [-0.25, -0.2) is 4.79 Å². The fourth-order valence-electron chi connectivity index (χ4n) is 2.20. The lowest BCUT2D eigenvalue weighted by Crippen LogP contribution is -2.11. The predicted molar refractivity (Wildman–Crippen MR) is 81.7 cm³/mol. The van der Waals surface area contributed by atoms with Crippen molar-refractivity contribution >= 4 is 39.1 Å². The minimum Gasteiger partial charge on any atom is -0.464 e. The van der Waals surface area contributed by atoms with Gasteiger partial charge in [0.15, 0.2) is 0 Å². The van der Waals surface area contributed by atoms with Gasteiger partial charge < -0.3 is 9.30 Å². The van der Waals surface area contributed by atoms with Gasteiger partial charge in [0.05, 0.1) is 13.7 Å². The second-order valence-electron chi connectivity index (χ2n) is 4.38. The van der Waals surface area contributed by atoms with E-state index >= 15 is 0 Å². The standard InChI is InChI=1S/C15H12ClNO2S/c1-19-15(18)13-8-10-6-7-20-14(10)17(13)9-11-4-2-3-5-12(11)16/h2-8H,9H2,1H3. The summed E-state index contributed by atoms with van der Waals surface area (Å²) in [5.74, 6) is -0.333. The maximum Gasteiger partial charge on any atom is 0.354 e. The molecule has 0 bridgehead atoms. The molecule has 2 aromatic heterocycles. The van der Waals surface area contributed by atoms with Crippen LogP contribution < -0.4 is 0 Å². The first-order chi connectivity index (χ1) is 9.70. The van der Waals surface area contributed by atoms with Gasteiger partial charge in [-0.2, -0.15) is 0 Å². The van der Waals surface area contributed by atoms with Gasteiger partial charge in [-0.1, -0.05) is 29.8 Å². The van der Waals surface area contributed by atoms with Crippen molar-refractivity contribution in [3.63, 3.8) is 0 Å². The number of benzene rings is 1. The van der Waals surface area contributed by atoms with Gasteiger partial charge in [0, 0.05) is 10.4 Å². The van der Waals surface area contributed by atoms with Crippen molar-refractivity contribution in [1.82, 2.24) is 4.57 Å². The number of hydrogen-bond acceptors (Lipinski definition) is 3. The third-order valence-corrected chi connectivity index (χ3v) is 4.50. The van der Waals surface area contributed by atoms with Crippen molar-refractivity contribution < 1.29 is 9.53 Å². The molecule has 0 amide bonds. The maximum absolute atomic E-state index is 11.9. The number of carbonyl (C=O) groups excluding carboxylic acids is 1. The summed E-state index contributed by atoms with van der Waals surface area (Å²) >= 11 is 7.81. The molecule has 0 aliphatic heterocycles. The first-order valence-corrected chi connectivity index (χ1v) is 7.35. The van der Waals surface area contributed by atoms with E-state index in [1.54, 1.807) is 11.3 Å². The molecule has 0 saturated carbocycles. The lowest BCUT2D eigenvalue weighted by molar-refractivity contribution is 0.0589. The Morgan fingerprint density at radius 2 is 2.15 bits per heavy atom. The van der Waals surface area contributed by atoms with E-state index in [2.05, 4.69) is 0 Å². The number of thiophene rings is 1. The van der Waals surface area contributed by atoms with Crippen LogP contribution in [0.25, 0.3) is 10.2 Å². The molecule has 0 aliphatic carbocycles. The van der Waals surface area contributed by atoms with Crippen LogP contribution in [0.15, 0.2) is 41.8 Å². The molecule has 0 unspecified atom stereocenters. The number of rotatable bonds is 3. The molecule has 3 nitrogen and oxygen atoms in total. The fourth-order valence-corrected chi connectivity index (χ4v) is 3.29. The highest BCUT2D eigenvalue weighted by molar-refractivity contribution is 7.16. The van der Waals surface area contributed by atoms with Gasteiger partial charge in [-0.05, 0) is 29.1 Å². The normalized spacial score (nSPS) is 10.9. The Labute approximate surface area is 125 Å². The summed E-state index contributed by atoms with van der Waals surface area (Å²) in [5, 5.41) is 3.75. The highest BCUT2D eigenvalue weighted by atomic mass is 35.5. The minimum absolute atomic E-state index is 0.333. The smallest absolute Gasteiger partial charge is 0.354 e. The second kappa shape index (κ2) is 5.31. The lowest BCUT2D eigenvalue weighted by Gasteiger charge is -2.10. The lowest BCUT2D eigenvalue weighted by atomic mass is 10.2. The number of hydrogen-bond donors (Lipinski definition) is 0. The van der Waals surface area contributed by atoms with Crippen LogP contribution in [-0.4, -0.2) is 17.6 Å². The molecule has 3 aromatic rings. The molecule has 3 rings (SSSR count). The predicted octanol–water partition coefficient (Wildman–Crippen LogP) is 4.19. The van der Waals surface area contributed by atoms with E-state index in [-0.39, 0.29) is 5.97 Å². The number of fused-ring (bicyclic) bond motifs is 1. The maximum atomic E-state index is 11.9. The molecule has 0 spiro atoms. The molecule has 2 heterocycles. The summed E-state index contributed by atoms with van der Waals surface area (Å²) in [5.41, 5.74) is 1.53. The van der Waals surface area contributed by atoms with Gasteiger partial charge in [-0.3, -0.25) is 0 Å². The molecule has 20 heavy (non-hydrogen) atoms. The zero-order valence-corrected chi connectivity index (χ0v) is 12.4. The van der Waals surface area contributed by atoms with Gasteiger partial charge in [0.1, 0.15) is 10.5 Å². The van der Waals surface area contributed by atoms with Crippen molar-refractivity contribution in [1.29, 1.82) is 0 Å². The molecule has 0 aliphatic rings. The minimum atomic E-state index is -0.333. The van der Waals surface area contributed by atoms with Crippen LogP contribution in [0.5, 0.6) is 0 Å². The van der Waals surface area contributed by atoms with Crippen LogP contribution >= 0.6 is 22.9 Å². The van der Waals surface area contributed by atoms with Crippen LogP contribution in [-0.2, 0) is 11.3 Å². The molecule has 5 heteroatoms. The Kier molecular flexibility index (Phi) is 3.51. The number of aromatic nitrogens is 1. The van der Waals surface area contributed by atoms with Gasteiger partial charge in [-0.15, -0.1) is 11.3 Å². The third kappa shape index (κ3) is 2.21. The van der Waals surface area contributed by atoms with Crippen molar-refractivity contribution in [2.24, 2.45) is 0 Å². The number of methoxy groups -OCH3 is 1. The molecule has 0 saturated heterocycles. The van der Waals surface area contributed by atoms with E-state index in [9.17, 15) is 4.79 Å². The summed E-state index contributed by atoms with van der Waals surface area (Å²) < 4.78 is 6.81. The second-order valence-corrected chi connectivity index (χ2v) is 5.68. The van der Waals surface area contributed by atoms with Crippen LogP contribution in [0.3, 0.4) is 0 Å². The van der Waals surface area contributed by atoms with Crippen molar-refractivity contribution in [2.45, 2.75) is 6.54 Å². The molecule has 0 fully saturated rings. The topological polar surface area (TPSA) is 31.2 Å². The van der Waals surface area contributed by atoms with E-state index in [0.29, 0.717) is 17.3 Å². The van der Waals surface area contributed by atoms with Crippen LogP contribution in [0, 0.1) is 0 Å². The Morgan fingerprint density at radius 3 is 2.90 bits per heavy atom. The van der Waals surface area contributed by atoms with Crippen LogP contribution in [0.1, 0.15) is 16.1 Å². The average molecular weight is 306 g/mol. The van der Waals surface area contributed by atoms with Crippen molar-refractivity contribution in [3.05, 3.63) is 58.1 Å².